The van der Waals surface area contributed by atoms with Crippen molar-refractivity contribution in [1.29, 1.82) is 0 Å². The van der Waals surface area contributed by atoms with Gasteiger partial charge >= 0.3 is 0 Å². The first-order chi connectivity index (χ1) is 8.90. The van der Waals surface area contributed by atoms with Gasteiger partial charge < -0.3 is 4.42 Å². The summed E-state index contributed by atoms with van der Waals surface area (Å²) in [6.45, 7) is 0. The van der Waals surface area contributed by atoms with E-state index in [9.17, 15) is 0 Å². The highest BCUT2D eigenvalue weighted by Gasteiger charge is 2.08. The van der Waals surface area contributed by atoms with Crippen molar-refractivity contribution in [3.05, 3.63) is 53.9 Å². The lowest BCUT2D eigenvalue weighted by Gasteiger charge is -1.95. The van der Waals surface area contributed by atoms with Gasteiger partial charge in [0.2, 0.25) is 5.89 Å². The molecule has 0 bridgehead atoms. The lowest BCUT2D eigenvalue weighted by atomic mass is 10.2. The van der Waals surface area contributed by atoms with Crippen LogP contribution in [0.25, 0.3) is 32.6 Å². The molecule has 0 atom stereocenters. The SMILES string of the molecule is c1ccc2oc(-c3ccc4ccsc4c3)nc2c1. The minimum absolute atomic E-state index is 0.687. The van der Waals surface area contributed by atoms with E-state index in [4.69, 9.17) is 4.42 Å². The van der Waals surface area contributed by atoms with Gasteiger partial charge in [0.05, 0.1) is 0 Å². The molecule has 0 fully saturated rings. The molecule has 2 heterocycles. The van der Waals surface area contributed by atoms with Gasteiger partial charge in [-0.1, -0.05) is 18.2 Å². The fraction of sp³-hybridized carbons (Fsp3) is 0. The minimum atomic E-state index is 0.687. The first-order valence-electron chi connectivity index (χ1n) is 5.73. The average Bonchev–Trinajstić information content (AvgIpc) is 3.04. The van der Waals surface area contributed by atoms with Crippen molar-refractivity contribution in [3.63, 3.8) is 0 Å². The van der Waals surface area contributed by atoms with E-state index >= 15 is 0 Å². The largest absolute Gasteiger partial charge is 0.436 e. The fourth-order valence-corrected chi connectivity index (χ4v) is 2.91. The summed E-state index contributed by atoms with van der Waals surface area (Å²) in [5, 5.41) is 3.36. The zero-order chi connectivity index (χ0) is 11.9. The van der Waals surface area contributed by atoms with Crippen molar-refractivity contribution < 1.29 is 4.42 Å². The Morgan fingerprint density at radius 1 is 1.00 bits per heavy atom. The Morgan fingerprint density at radius 2 is 1.94 bits per heavy atom. The molecule has 18 heavy (non-hydrogen) atoms. The van der Waals surface area contributed by atoms with Gasteiger partial charge in [0.25, 0.3) is 0 Å². The molecule has 0 radical (unpaired) electrons. The highest BCUT2D eigenvalue weighted by atomic mass is 32.1. The molecular formula is C15H9NOS. The predicted octanol–water partition coefficient (Wildman–Crippen LogP) is 4.71. The number of nitrogens with zero attached hydrogens (tertiary/aromatic N) is 1. The second-order valence-corrected chi connectivity index (χ2v) is 5.11. The van der Waals surface area contributed by atoms with E-state index in [0.29, 0.717) is 5.89 Å². The summed E-state index contributed by atoms with van der Waals surface area (Å²) in [7, 11) is 0. The lowest BCUT2D eigenvalue weighted by Crippen LogP contribution is -1.75. The molecule has 0 saturated carbocycles. The standard InChI is InChI=1S/C15H9NOS/c1-2-4-13-12(3-1)16-15(17-13)11-6-5-10-7-8-18-14(10)9-11/h1-9H. The molecule has 0 aliphatic rings. The minimum Gasteiger partial charge on any atom is -0.436 e. The van der Waals surface area contributed by atoms with Gasteiger partial charge in [-0.2, -0.15) is 0 Å². The Bertz CT molecular complexity index is 811. The van der Waals surface area contributed by atoms with E-state index in [0.717, 1.165) is 16.7 Å². The molecule has 2 aromatic heterocycles. The van der Waals surface area contributed by atoms with Crippen molar-refractivity contribution in [2.45, 2.75) is 0 Å². The fourth-order valence-electron chi connectivity index (χ4n) is 2.08. The highest BCUT2D eigenvalue weighted by Crippen LogP contribution is 2.29. The Kier molecular flexibility index (Phi) is 2.02. The van der Waals surface area contributed by atoms with Gasteiger partial charge in [-0.3, -0.25) is 0 Å². The van der Waals surface area contributed by atoms with E-state index in [-0.39, 0.29) is 0 Å². The maximum absolute atomic E-state index is 5.77. The Morgan fingerprint density at radius 3 is 2.89 bits per heavy atom. The van der Waals surface area contributed by atoms with Gasteiger partial charge in [-0.05, 0) is 41.1 Å². The van der Waals surface area contributed by atoms with Crippen molar-refractivity contribution in [2.75, 3.05) is 0 Å². The van der Waals surface area contributed by atoms with Gasteiger partial charge in [-0.15, -0.1) is 11.3 Å². The third-order valence-corrected chi connectivity index (χ3v) is 3.88. The molecule has 4 aromatic rings. The van der Waals surface area contributed by atoms with Crippen molar-refractivity contribution >= 4 is 32.5 Å². The molecule has 3 heteroatoms. The van der Waals surface area contributed by atoms with Crippen LogP contribution >= 0.6 is 11.3 Å². The van der Waals surface area contributed by atoms with Crippen LogP contribution in [0.3, 0.4) is 0 Å². The zero-order valence-corrected chi connectivity index (χ0v) is 10.3. The first-order valence-corrected chi connectivity index (χ1v) is 6.61. The van der Waals surface area contributed by atoms with Crippen LogP contribution < -0.4 is 0 Å². The molecule has 86 valence electrons. The summed E-state index contributed by atoms with van der Waals surface area (Å²) in [5.41, 5.74) is 2.76. The molecule has 2 nitrogen and oxygen atoms in total. The molecule has 0 N–H and O–H groups in total. The maximum atomic E-state index is 5.77. The summed E-state index contributed by atoms with van der Waals surface area (Å²) in [6, 6.07) is 16.2. The van der Waals surface area contributed by atoms with Gasteiger partial charge in [0, 0.05) is 10.3 Å². The lowest BCUT2D eigenvalue weighted by molar-refractivity contribution is 0.620. The number of benzene rings is 2. The number of para-hydroxylation sites is 2. The number of thiophene rings is 1. The van der Waals surface area contributed by atoms with Crippen LogP contribution in [0.15, 0.2) is 58.3 Å². The molecular weight excluding hydrogens is 242 g/mol. The molecule has 0 unspecified atom stereocenters. The van der Waals surface area contributed by atoms with Gasteiger partial charge in [0.1, 0.15) is 5.52 Å². The molecule has 0 aliphatic carbocycles. The van der Waals surface area contributed by atoms with E-state index in [1.54, 1.807) is 11.3 Å². The van der Waals surface area contributed by atoms with E-state index in [1.807, 2.05) is 24.3 Å². The van der Waals surface area contributed by atoms with Crippen LogP contribution in [0, 0.1) is 0 Å². The second kappa shape index (κ2) is 3.68. The second-order valence-electron chi connectivity index (χ2n) is 4.16. The molecule has 4 rings (SSSR count). The van der Waals surface area contributed by atoms with Gasteiger partial charge in [0.15, 0.2) is 5.58 Å². The normalized spacial score (nSPS) is 11.3. The summed E-state index contributed by atoms with van der Waals surface area (Å²) in [4.78, 5) is 4.51. The van der Waals surface area contributed by atoms with Crippen LogP contribution in [-0.2, 0) is 0 Å². The molecule has 2 aromatic carbocycles. The predicted molar refractivity (Wildman–Crippen MR) is 74.8 cm³/mol. The van der Waals surface area contributed by atoms with E-state index < -0.39 is 0 Å². The van der Waals surface area contributed by atoms with Crippen LogP contribution in [0.2, 0.25) is 0 Å². The molecule has 0 amide bonds. The third kappa shape index (κ3) is 1.45. The molecule has 0 aliphatic heterocycles. The van der Waals surface area contributed by atoms with Crippen LogP contribution in [0.1, 0.15) is 0 Å². The molecule has 0 saturated heterocycles. The number of fused-ring (bicyclic) bond motifs is 2. The number of hydrogen-bond acceptors (Lipinski definition) is 3. The summed E-state index contributed by atoms with van der Waals surface area (Å²) >= 11 is 1.73. The third-order valence-electron chi connectivity index (χ3n) is 3.00. The van der Waals surface area contributed by atoms with Crippen LogP contribution in [0.5, 0.6) is 0 Å². The molecule has 0 spiro atoms. The van der Waals surface area contributed by atoms with Crippen LogP contribution in [-0.4, -0.2) is 4.98 Å². The van der Waals surface area contributed by atoms with E-state index in [2.05, 4.69) is 34.6 Å². The summed E-state index contributed by atoms with van der Waals surface area (Å²) in [6.07, 6.45) is 0. The highest BCUT2D eigenvalue weighted by molar-refractivity contribution is 7.17. The van der Waals surface area contributed by atoms with Crippen molar-refractivity contribution in [3.8, 4) is 11.5 Å². The average molecular weight is 251 g/mol. The number of rotatable bonds is 1. The Labute approximate surface area is 108 Å². The summed E-state index contributed by atoms with van der Waals surface area (Å²) in [5.74, 6) is 0.687. The number of hydrogen-bond donors (Lipinski definition) is 0. The van der Waals surface area contributed by atoms with Gasteiger partial charge in [-0.25, -0.2) is 4.98 Å². The smallest absolute Gasteiger partial charge is 0.227 e. The Balaban J connectivity index is 1.94. The van der Waals surface area contributed by atoms with Crippen molar-refractivity contribution in [1.82, 2.24) is 4.98 Å². The maximum Gasteiger partial charge on any atom is 0.227 e. The topological polar surface area (TPSA) is 26.0 Å². The number of aromatic nitrogens is 1. The van der Waals surface area contributed by atoms with E-state index in [1.165, 1.54) is 10.1 Å². The Hall–Kier alpha value is -2.13. The van der Waals surface area contributed by atoms with Crippen LogP contribution in [0.4, 0.5) is 0 Å². The summed E-state index contributed by atoms with van der Waals surface area (Å²) < 4.78 is 7.03. The quantitative estimate of drug-likeness (QED) is 0.489. The zero-order valence-electron chi connectivity index (χ0n) is 9.46. The van der Waals surface area contributed by atoms with Crippen molar-refractivity contribution in [2.24, 2.45) is 0 Å². The first kappa shape index (κ1) is 9.85. The monoisotopic (exact) mass is 251 g/mol. The number of oxazole rings is 1.